The summed E-state index contributed by atoms with van der Waals surface area (Å²) in [5, 5.41) is 0.808. The van der Waals surface area contributed by atoms with Gasteiger partial charge in [0.15, 0.2) is 0 Å². The van der Waals surface area contributed by atoms with Crippen molar-refractivity contribution in [2.75, 3.05) is 7.05 Å². The van der Waals surface area contributed by atoms with E-state index in [9.17, 15) is 9.59 Å². The van der Waals surface area contributed by atoms with Crippen molar-refractivity contribution in [3.8, 4) is 0 Å². The number of benzene rings is 1. The van der Waals surface area contributed by atoms with Crippen LogP contribution in [0.1, 0.15) is 19.8 Å². The van der Waals surface area contributed by atoms with E-state index in [1.165, 1.54) is 23.7 Å². The molecule has 1 amide bonds. The van der Waals surface area contributed by atoms with Gasteiger partial charge in [-0.25, -0.2) is 4.98 Å². The minimum absolute atomic E-state index is 0.0214. The molecule has 1 fully saturated rings. The van der Waals surface area contributed by atoms with Gasteiger partial charge in [0.05, 0.1) is 6.33 Å². The van der Waals surface area contributed by atoms with Crippen molar-refractivity contribution in [3.63, 3.8) is 0 Å². The number of rotatable bonds is 4. The molecule has 1 aliphatic carbocycles. The van der Waals surface area contributed by atoms with Crippen LogP contribution in [0.5, 0.6) is 0 Å². The molecular formula is C18H19N3O3. The summed E-state index contributed by atoms with van der Waals surface area (Å²) in [6.45, 7) is 2.03. The molecule has 1 atom stereocenters. The molecule has 2 heterocycles. The lowest BCUT2D eigenvalue weighted by molar-refractivity contribution is -0.132. The number of furan rings is 1. The Hall–Kier alpha value is -2.63. The van der Waals surface area contributed by atoms with Gasteiger partial charge in [-0.05, 0) is 37.8 Å². The molecule has 1 aliphatic rings. The molecule has 6 heteroatoms. The van der Waals surface area contributed by atoms with Crippen LogP contribution in [-0.4, -0.2) is 33.4 Å². The fourth-order valence-corrected chi connectivity index (χ4v) is 3.11. The smallest absolute Gasteiger partial charge is 0.297 e. The van der Waals surface area contributed by atoms with Crippen molar-refractivity contribution >= 4 is 28.0 Å². The Balaban J connectivity index is 1.67. The van der Waals surface area contributed by atoms with Crippen LogP contribution in [0.25, 0.3) is 22.1 Å². The summed E-state index contributed by atoms with van der Waals surface area (Å²) in [6.07, 6.45) is 3.77. The van der Waals surface area contributed by atoms with E-state index in [1.807, 2.05) is 18.2 Å². The molecule has 24 heavy (non-hydrogen) atoms. The van der Waals surface area contributed by atoms with Crippen LogP contribution in [0, 0.1) is 5.92 Å². The second-order valence-corrected chi connectivity index (χ2v) is 6.54. The van der Waals surface area contributed by atoms with Gasteiger partial charge in [-0.2, -0.15) is 0 Å². The zero-order chi connectivity index (χ0) is 16.8. The highest BCUT2D eigenvalue weighted by Crippen LogP contribution is 2.34. The Bertz CT molecular complexity index is 984. The molecule has 2 aromatic heterocycles. The van der Waals surface area contributed by atoms with Gasteiger partial charge in [0.25, 0.3) is 5.56 Å². The first-order chi connectivity index (χ1) is 11.6. The fourth-order valence-electron chi connectivity index (χ4n) is 3.11. The van der Waals surface area contributed by atoms with E-state index in [0.29, 0.717) is 17.0 Å². The van der Waals surface area contributed by atoms with E-state index in [2.05, 4.69) is 11.9 Å². The second-order valence-electron chi connectivity index (χ2n) is 6.54. The van der Waals surface area contributed by atoms with E-state index >= 15 is 0 Å². The number of carbonyl (C=O) groups excluding carboxylic acids is 1. The quantitative estimate of drug-likeness (QED) is 0.738. The van der Waals surface area contributed by atoms with Crippen molar-refractivity contribution < 1.29 is 9.21 Å². The molecule has 1 saturated carbocycles. The van der Waals surface area contributed by atoms with Gasteiger partial charge in [-0.15, -0.1) is 0 Å². The first-order valence-electron chi connectivity index (χ1n) is 8.18. The number of aromatic nitrogens is 2. The fraction of sp³-hybridized carbons (Fsp3) is 0.389. The summed E-state index contributed by atoms with van der Waals surface area (Å²) in [5.41, 5.74) is 1.04. The number of hydrogen-bond donors (Lipinski definition) is 0. The van der Waals surface area contributed by atoms with E-state index in [4.69, 9.17) is 4.42 Å². The lowest BCUT2D eigenvalue weighted by atomic mass is 10.2. The number of para-hydroxylation sites is 1. The maximum absolute atomic E-state index is 12.6. The molecule has 0 N–H and O–H groups in total. The Morgan fingerprint density at radius 3 is 2.92 bits per heavy atom. The third-order valence-electron chi connectivity index (χ3n) is 4.96. The van der Waals surface area contributed by atoms with Gasteiger partial charge < -0.3 is 9.32 Å². The summed E-state index contributed by atoms with van der Waals surface area (Å²) >= 11 is 0. The number of nitrogens with zero attached hydrogens (tertiary/aromatic N) is 3. The van der Waals surface area contributed by atoms with Crippen LogP contribution in [-0.2, 0) is 11.3 Å². The minimum atomic E-state index is -0.322. The van der Waals surface area contributed by atoms with Crippen molar-refractivity contribution in [1.29, 1.82) is 0 Å². The number of likely N-dealkylation sites (N-methyl/N-ethyl adjacent to an activating group) is 1. The van der Waals surface area contributed by atoms with Gasteiger partial charge in [0, 0.05) is 18.5 Å². The molecule has 6 nitrogen and oxygen atoms in total. The third-order valence-corrected chi connectivity index (χ3v) is 4.96. The van der Waals surface area contributed by atoms with Crippen LogP contribution in [0.2, 0.25) is 0 Å². The van der Waals surface area contributed by atoms with E-state index in [-0.39, 0.29) is 29.6 Å². The van der Waals surface area contributed by atoms with E-state index < -0.39 is 0 Å². The number of hydrogen-bond acceptors (Lipinski definition) is 4. The summed E-state index contributed by atoms with van der Waals surface area (Å²) < 4.78 is 6.96. The molecule has 0 saturated heterocycles. The predicted molar refractivity (Wildman–Crippen MR) is 90.7 cm³/mol. The van der Waals surface area contributed by atoms with Gasteiger partial charge in [-0.3, -0.25) is 14.2 Å². The highest BCUT2D eigenvalue weighted by Gasteiger charge is 2.32. The van der Waals surface area contributed by atoms with Gasteiger partial charge >= 0.3 is 0 Å². The number of carbonyl (C=O) groups is 1. The Morgan fingerprint density at radius 2 is 2.17 bits per heavy atom. The highest BCUT2D eigenvalue weighted by atomic mass is 16.3. The summed E-state index contributed by atoms with van der Waals surface area (Å²) in [4.78, 5) is 31.1. The van der Waals surface area contributed by atoms with Crippen LogP contribution >= 0.6 is 0 Å². The van der Waals surface area contributed by atoms with Crippen LogP contribution in [0.4, 0.5) is 0 Å². The zero-order valence-corrected chi connectivity index (χ0v) is 13.7. The standard InChI is InChI=1S/C18H19N3O3/c1-11(12-7-8-12)20(2)15(22)9-21-10-19-16-13-5-3-4-6-14(13)24-17(16)18(21)23/h3-6,10-12H,7-9H2,1-2H3. The van der Waals surface area contributed by atoms with E-state index in [1.54, 1.807) is 18.0 Å². The molecule has 1 aromatic carbocycles. The summed E-state index contributed by atoms with van der Waals surface area (Å²) in [7, 11) is 1.80. The van der Waals surface area contributed by atoms with Crippen molar-refractivity contribution in [2.45, 2.75) is 32.4 Å². The van der Waals surface area contributed by atoms with Crippen molar-refractivity contribution in [1.82, 2.24) is 14.5 Å². The number of amides is 1. The van der Waals surface area contributed by atoms with E-state index in [0.717, 1.165) is 5.39 Å². The van der Waals surface area contributed by atoms with Crippen LogP contribution < -0.4 is 5.56 Å². The van der Waals surface area contributed by atoms with Gasteiger partial charge in [0.1, 0.15) is 17.6 Å². The Labute approximate surface area is 138 Å². The molecule has 3 aromatic rings. The van der Waals surface area contributed by atoms with Crippen LogP contribution in [0.3, 0.4) is 0 Å². The minimum Gasteiger partial charge on any atom is -0.448 e. The van der Waals surface area contributed by atoms with Crippen LogP contribution in [0.15, 0.2) is 39.8 Å². The highest BCUT2D eigenvalue weighted by molar-refractivity contribution is 6.01. The van der Waals surface area contributed by atoms with Gasteiger partial charge in [-0.1, -0.05) is 12.1 Å². The predicted octanol–water partition coefficient (Wildman–Crippen LogP) is 2.40. The van der Waals surface area contributed by atoms with Crippen molar-refractivity contribution in [2.24, 2.45) is 5.92 Å². The largest absolute Gasteiger partial charge is 0.448 e. The number of fused-ring (bicyclic) bond motifs is 3. The van der Waals surface area contributed by atoms with Gasteiger partial charge in [0.2, 0.25) is 11.5 Å². The average molecular weight is 325 g/mol. The molecule has 124 valence electrons. The lowest BCUT2D eigenvalue weighted by Gasteiger charge is -2.25. The normalized spacial score (nSPS) is 15.8. The third kappa shape index (κ3) is 2.38. The Morgan fingerprint density at radius 1 is 1.42 bits per heavy atom. The zero-order valence-electron chi connectivity index (χ0n) is 13.7. The Kier molecular flexibility index (Phi) is 3.40. The molecule has 0 bridgehead atoms. The first-order valence-corrected chi connectivity index (χ1v) is 8.18. The topological polar surface area (TPSA) is 68.3 Å². The second kappa shape index (κ2) is 5.47. The summed E-state index contributed by atoms with van der Waals surface area (Å²) in [5.74, 6) is 0.500. The molecule has 0 radical (unpaired) electrons. The maximum atomic E-state index is 12.6. The molecule has 0 aliphatic heterocycles. The molecule has 4 rings (SSSR count). The lowest BCUT2D eigenvalue weighted by Crippen LogP contribution is -2.40. The molecule has 1 unspecified atom stereocenters. The average Bonchev–Trinajstić information content (AvgIpc) is 3.37. The summed E-state index contributed by atoms with van der Waals surface area (Å²) in [6, 6.07) is 7.60. The first kappa shape index (κ1) is 14.9. The molecule has 0 spiro atoms. The SMILES string of the molecule is CC(C1CC1)N(C)C(=O)Cn1cnc2c(oc3ccccc32)c1=O. The molecular weight excluding hydrogens is 306 g/mol. The monoisotopic (exact) mass is 325 g/mol. The maximum Gasteiger partial charge on any atom is 0.297 e. The van der Waals surface area contributed by atoms with Crippen molar-refractivity contribution in [3.05, 3.63) is 40.9 Å².